The number of nitro benzene ring substituents is 1. The lowest BCUT2D eigenvalue weighted by molar-refractivity contribution is -0.385. The van der Waals surface area contributed by atoms with Gasteiger partial charge < -0.3 is 10.4 Å². The van der Waals surface area contributed by atoms with E-state index >= 15 is 0 Å². The molecule has 2 aromatic rings. The number of amides is 1. The highest BCUT2D eigenvalue weighted by Crippen LogP contribution is 2.43. The van der Waals surface area contributed by atoms with Crippen molar-refractivity contribution in [3.63, 3.8) is 0 Å². The lowest BCUT2D eigenvalue weighted by Crippen LogP contribution is -2.45. The van der Waals surface area contributed by atoms with Crippen LogP contribution in [0.2, 0.25) is 0 Å². The van der Waals surface area contributed by atoms with Crippen molar-refractivity contribution in [3.8, 4) is 5.75 Å². The number of benzene rings is 2. The number of carbonyl (C=O) groups excluding carboxylic acids is 1. The molecule has 1 fully saturated rings. The second-order valence-corrected chi connectivity index (χ2v) is 6.14. The van der Waals surface area contributed by atoms with E-state index in [2.05, 4.69) is 17.4 Å². The number of nitrogens with one attached hydrogen (secondary N) is 1. The summed E-state index contributed by atoms with van der Waals surface area (Å²) in [5, 5.41) is 23.3. The van der Waals surface area contributed by atoms with Crippen LogP contribution in [0.15, 0.2) is 48.5 Å². The van der Waals surface area contributed by atoms with E-state index in [0.29, 0.717) is 6.54 Å². The Balaban J connectivity index is 1.71. The van der Waals surface area contributed by atoms with Crippen LogP contribution in [0.25, 0.3) is 0 Å². The molecular weight excluding hydrogens is 308 g/mol. The number of hydrogen-bond acceptors (Lipinski definition) is 4. The predicted octanol–water partition coefficient (Wildman–Crippen LogP) is 3.15. The summed E-state index contributed by atoms with van der Waals surface area (Å²) in [6.45, 7) is 0.508. The Morgan fingerprint density at radius 1 is 1.21 bits per heavy atom. The Kier molecular flexibility index (Phi) is 4.20. The summed E-state index contributed by atoms with van der Waals surface area (Å²) < 4.78 is 0. The number of phenols is 1. The molecule has 0 radical (unpaired) electrons. The fourth-order valence-corrected chi connectivity index (χ4v) is 3.13. The number of carbonyl (C=O) groups is 1. The molecule has 0 aromatic heterocycles. The molecule has 1 amide bonds. The smallest absolute Gasteiger partial charge is 0.310 e. The molecule has 24 heavy (non-hydrogen) atoms. The van der Waals surface area contributed by atoms with Gasteiger partial charge in [0.2, 0.25) is 0 Å². The van der Waals surface area contributed by atoms with E-state index in [0.717, 1.165) is 31.4 Å². The van der Waals surface area contributed by atoms with Crippen LogP contribution in [0, 0.1) is 10.1 Å². The van der Waals surface area contributed by atoms with Gasteiger partial charge in [0.25, 0.3) is 5.91 Å². The van der Waals surface area contributed by atoms with Crippen LogP contribution in [0.5, 0.6) is 5.75 Å². The molecule has 1 aliphatic rings. The molecule has 0 unspecified atom stereocenters. The molecule has 0 spiro atoms. The molecule has 6 nitrogen and oxygen atoms in total. The van der Waals surface area contributed by atoms with Gasteiger partial charge in [-0.05, 0) is 30.5 Å². The Morgan fingerprint density at radius 3 is 2.46 bits per heavy atom. The monoisotopic (exact) mass is 326 g/mol. The SMILES string of the molecule is O=C(NCC1(c2ccccc2)CCC1)c1ccc([N+](=O)[O-])c(O)c1. The van der Waals surface area contributed by atoms with Crippen LogP contribution in [-0.2, 0) is 5.41 Å². The summed E-state index contributed by atoms with van der Waals surface area (Å²) in [4.78, 5) is 22.3. The number of nitro groups is 1. The first-order valence-corrected chi connectivity index (χ1v) is 7.83. The largest absolute Gasteiger partial charge is 0.502 e. The fourth-order valence-electron chi connectivity index (χ4n) is 3.13. The number of phenolic OH excluding ortho intramolecular Hbond substituents is 1. The van der Waals surface area contributed by atoms with Gasteiger partial charge in [-0.2, -0.15) is 0 Å². The van der Waals surface area contributed by atoms with E-state index in [4.69, 9.17) is 0 Å². The molecule has 1 aliphatic carbocycles. The zero-order valence-corrected chi connectivity index (χ0v) is 13.1. The average Bonchev–Trinajstić information content (AvgIpc) is 2.54. The molecule has 0 saturated heterocycles. The summed E-state index contributed by atoms with van der Waals surface area (Å²) in [5.41, 5.74) is 0.967. The van der Waals surface area contributed by atoms with Gasteiger partial charge in [-0.1, -0.05) is 36.8 Å². The molecule has 2 N–H and O–H groups in total. The van der Waals surface area contributed by atoms with E-state index in [9.17, 15) is 20.0 Å². The summed E-state index contributed by atoms with van der Waals surface area (Å²) in [5.74, 6) is -0.850. The van der Waals surface area contributed by atoms with Crippen LogP contribution >= 0.6 is 0 Å². The van der Waals surface area contributed by atoms with Gasteiger partial charge in [-0.25, -0.2) is 0 Å². The maximum Gasteiger partial charge on any atom is 0.310 e. The van der Waals surface area contributed by atoms with Crippen molar-refractivity contribution >= 4 is 11.6 Å². The van der Waals surface area contributed by atoms with Gasteiger partial charge in [0.15, 0.2) is 5.75 Å². The van der Waals surface area contributed by atoms with Gasteiger partial charge in [-0.15, -0.1) is 0 Å². The van der Waals surface area contributed by atoms with Crippen molar-refractivity contribution in [2.45, 2.75) is 24.7 Å². The third-order valence-corrected chi connectivity index (χ3v) is 4.72. The van der Waals surface area contributed by atoms with Gasteiger partial charge >= 0.3 is 5.69 Å². The molecule has 6 heteroatoms. The highest BCUT2D eigenvalue weighted by Gasteiger charge is 2.38. The molecule has 1 saturated carbocycles. The zero-order chi connectivity index (χ0) is 17.2. The normalized spacial score (nSPS) is 15.3. The first kappa shape index (κ1) is 16.0. The minimum atomic E-state index is -0.685. The van der Waals surface area contributed by atoms with Crippen molar-refractivity contribution < 1.29 is 14.8 Å². The highest BCUT2D eigenvalue weighted by atomic mass is 16.6. The lowest BCUT2D eigenvalue weighted by Gasteiger charge is -2.42. The van der Waals surface area contributed by atoms with E-state index in [1.165, 1.54) is 11.6 Å². The Labute approximate surface area is 139 Å². The summed E-state index contributed by atoms with van der Waals surface area (Å²) >= 11 is 0. The Bertz CT molecular complexity index is 770. The maximum absolute atomic E-state index is 12.3. The summed E-state index contributed by atoms with van der Waals surface area (Å²) in [6.07, 6.45) is 3.16. The average molecular weight is 326 g/mol. The van der Waals surface area contributed by atoms with Gasteiger partial charge in [0.05, 0.1) is 4.92 Å². The van der Waals surface area contributed by atoms with Crippen LogP contribution in [0.4, 0.5) is 5.69 Å². The first-order chi connectivity index (χ1) is 11.5. The first-order valence-electron chi connectivity index (χ1n) is 7.83. The minimum Gasteiger partial charge on any atom is -0.502 e. The third-order valence-electron chi connectivity index (χ3n) is 4.72. The quantitative estimate of drug-likeness (QED) is 0.652. The van der Waals surface area contributed by atoms with E-state index in [1.54, 1.807) is 0 Å². The van der Waals surface area contributed by atoms with E-state index in [1.807, 2.05) is 18.2 Å². The maximum atomic E-state index is 12.3. The number of rotatable bonds is 5. The highest BCUT2D eigenvalue weighted by molar-refractivity contribution is 5.95. The van der Waals surface area contributed by atoms with Crippen LogP contribution < -0.4 is 5.32 Å². The van der Waals surface area contributed by atoms with Crippen molar-refractivity contribution in [2.24, 2.45) is 0 Å². The van der Waals surface area contributed by atoms with Crippen molar-refractivity contribution in [1.29, 1.82) is 0 Å². The second kappa shape index (κ2) is 6.31. The molecule has 3 rings (SSSR count). The standard InChI is InChI=1S/C18H18N2O4/c21-16-11-13(7-8-15(16)20(23)24)17(22)19-12-18(9-4-10-18)14-5-2-1-3-6-14/h1-3,5-8,11,21H,4,9-10,12H2,(H,19,22). The molecule has 0 aliphatic heterocycles. The van der Waals surface area contributed by atoms with Gasteiger partial charge in [0, 0.05) is 23.6 Å². The van der Waals surface area contributed by atoms with Gasteiger partial charge in [0.1, 0.15) is 0 Å². The summed E-state index contributed by atoms with van der Waals surface area (Å²) in [6, 6.07) is 13.7. The lowest BCUT2D eigenvalue weighted by atomic mass is 9.64. The van der Waals surface area contributed by atoms with E-state index in [-0.39, 0.29) is 16.9 Å². The molecule has 0 atom stereocenters. The van der Waals surface area contributed by atoms with Crippen molar-refractivity contribution in [1.82, 2.24) is 5.32 Å². The number of nitrogens with zero attached hydrogens (tertiary/aromatic N) is 1. The van der Waals surface area contributed by atoms with Crippen molar-refractivity contribution in [2.75, 3.05) is 6.54 Å². The minimum absolute atomic E-state index is 0.0419. The van der Waals surface area contributed by atoms with Crippen LogP contribution in [0.3, 0.4) is 0 Å². The number of hydrogen-bond donors (Lipinski definition) is 2. The third kappa shape index (κ3) is 2.95. The Hall–Kier alpha value is -2.89. The molecular formula is C18H18N2O4. The number of aromatic hydroxyl groups is 1. The predicted molar refractivity (Wildman–Crippen MR) is 89.1 cm³/mol. The van der Waals surface area contributed by atoms with E-state index < -0.39 is 16.4 Å². The second-order valence-electron chi connectivity index (χ2n) is 6.14. The van der Waals surface area contributed by atoms with Crippen LogP contribution in [-0.4, -0.2) is 22.5 Å². The fraction of sp³-hybridized carbons (Fsp3) is 0.278. The molecule has 0 heterocycles. The topological polar surface area (TPSA) is 92.5 Å². The molecule has 0 bridgehead atoms. The summed E-state index contributed by atoms with van der Waals surface area (Å²) in [7, 11) is 0. The van der Waals surface area contributed by atoms with Crippen molar-refractivity contribution in [3.05, 3.63) is 69.8 Å². The Morgan fingerprint density at radius 2 is 1.92 bits per heavy atom. The molecule has 124 valence electrons. The van der Waals surface area contributed by atoms with Gasteiger partial charge in [-0.3, -0.25) is 14.9 Å². The molecule has 2 aromatic carbocycles. The van der Waals surface area contributed by atoms with Crippen LogP contribution in [0.1, 0.15) is 35.2 Å². The zero-order valence-electron chi connectivity index (χ0n) is 13.1.